The zero-order valence-corrected chi connectivity index (χ0v) is 33.0. The molecule has 1 N–H and O–H groups in total. The van der Waals surface area contributed by atoms with Gasteiger partial charge in [0.05, 0.1) is 34.4 Å². The van der Waals surface area contributed by atoms with Crippen LogP contribution in [0.15, 0.2) is 54.6 Å². The van der Waals surface area contributed by atoms with Gasteiger partial charge in [-0.05, 0) is 82.9 Å². The van der Waals surface area contributed by atoms with E-state index in [1.165, 1.54) is 0 Å². The number of aromatic nitrogens is 3. The van der Waals surface area contributed by atoms with Crippen molar-refractivity contribution in [1.82, 2.24) is 19.2 Å². The fraction of sp³-hybridized carbons (Fsp3) is 0.463. The van der Waals surface area contributed by atoms with Gasteiger partial charge in [-0.2, -0.15) is 5.10 Å². The molecule has 0 saturated carbocycles. The summed E-state index contributed by atoms with van der Waals surface area (Å²) in [6.45, 7) is 11.4. The van der Waals surface area contributed by atoms with E-state index in [4.69, 9.17) is 42.5 Å². The van der Waals surface area contributed by atoms with E-state index in [-0.39, 0.29) is 12.0 Å². The Bertz CT molecular complexity index is 1990. The van der Waals surface area contributed by atoms with E-state index in [2.05, 4.69) is 29.7 Å². The van der Waals surface area contributed by atoms with Crippen LogP contribution in [0.2, 0.25) is 5.02 Å². The van der Waals surface area contributed by atoms with Crippen LogP contribution >= 0.6 is 23.2 Å². The lowest BCUT2D eigenvalue weighted by Gasteiger charge is -2.24. The molecule has 52 heavy (non-hydrogen) atoms. The van der Waals surface area contributed by atoms with Crippen molar-refractivity contribution in [3.8, 4) is 16.9 Å². The Balaban J connectivity index is 1.56. The van der Waals surface area contributed by atoms with Gasteiger partial charge in [0.2, 0.25) is 0 Å². The molecule has 0 radical (unpaired) electrons. The average molecular weight is 752 g/mol. The monoisotopic (exact) mass is 750 g/mol. The maximum atomic E-state index is 12.7. The molecule has 2 heterocycles. The topological polar surface area (TPSA) is 91.0 Å². The second-order valence-corrected chi connectivity index (χ2v) is 14.7. The summed E-state index contributed by atoms with van der Waals surface area (Å²) in [4.78, 5) is 14.3. The van der Waals surface area contributed by atoms with E-state index in [9.17, 15) is 9.90 Å². The Morgan fingerprint density at radius 2 is 1.75 bits per heavy atom. The van der Waals surface area contributed by atoms with E-state index in [0.29, 0.717) is 62.7 Å². The van der Waals surface area contributed by atoms with Gasteiger partial charge in [0, 0.05) is 61.4 Å². The fourth-order valence-corrected chi connectivity index (χ4v) is 7.41. The number of aliphatic hydroxyl groups is 1. The summed E-state index contributed by atoms with van der Waals surface area (Å²) in [5.41, 5.74) is 5.54. The molecular formula is C41H52Cl2N4O5. The van der Waals surface area contributed by atoms with Crippen LogP contribution in [-0.4, -0.2) is 62.9 Å². The van der Waals surface area contributed by atoms with Crippen molar-refractivity contribution in [2.75, 3.05) is 26.8 Å². The number of aryl methyl sites for hydroxylation is 3. The van der Waals surface area contributed by atoms with Crippen molar-refractivity contribution < 1.29 is 24.1 Å². The molecule has 280 valence electrons. The zero-order chi connectivity index (χ0) is 37.6. The van der Waals surface area contributed by atoms with Crippen molar-refractivity contribution in [3.63, 3.8) is 0 Å². The van der Waals surface area contributed by atoms with Gasteiger partial charge in [-0.1, -0.05) is 61.0 Å². The van der Waals surface area contributed by atoms with Crippen LogP contribution in [0.4, 0.5) is 4.79 Å². The molecule has 2 aromatic heterocycles. The average Bonchev–Trinajstić information content (AvgIpc) is 3.60. The molecule has 0 spiro atoms. The first-order chi connectivity index (χ1) is 24.9. The highest BCUT2D eigenvalue weighted by Gasteiger charge is 2.29. The van der Waals surface area contributed by atoms with E-state index in [1.54, 1.807) is 11.9 Å². The number of amides is 1. The van der Waals surface area contributed by atoms with E-state index in [0.717, 1.165) is 61.9 Å². The van der Waals surface area contributed by atoms with Crippen LogP contribution in [0.25, 0.3) is 32.8 Å². The first-order valence-electron chi connectivity index (χ1n) is 18.2. The SMILES string of the molecule is CCOC(O)c1c(CCCOc2cccc3ccccc23)c2ccc(Cl)c(-c3c(CCl)nn(C)c3CC)c2n1CCCCN(C)C(=O)OC(C)(C)C. The summed E-state index contributed by atoms with van der Waals surface area (Å²) >= 11 is 13.7. The highest BCUT2D eigenvalue weighted by molar-refractivity contribution is 6.35. The Morgan fingerprint density at radius 1 is 1.00 bits per heavy atom. The minimum Gasteiger partial charge on any atom is -0.493 e. The summed E-state index contributed by atoms with van der Waals surface area (Å²) < 4.78 is 21.9. The number of hydrogen-bond donors (Lipinski definition) is 1. The van der Waals surface area contributed by atoms with Gasteiger partial charge in [-0.25, -0.2) is 4.79 Å². The van der Waals surface area contributed by atoms with Gasteiger partial charge in [-0.3, -0.25) is 4.68 Å². The molecule has 11 heteroatoms. The smallest absolute Gasteiger partial charge is 0.410 e. The zero-order valence-electron chi connectivity index (χ0n) is 31.5. The first kappa shape index (κ1) is 39.4. The third kappa shape index (κ3) is 8.71. The predicted molar refractivity (Wildman–Crippen MR) is 211 cm³/mol. The molecule has 5 aromatic rings. The minimum atomic E-state index is -1.17. The lowest BCUT2D eigenvalue weighted by atomic mass is 9.97. The Morgan fingerprint density at radius 3 is 2.46 bits per heavy atom. The number of benzene rings is 3. The number of hydrogen-bond acceptors (Lipinski definition) is 6. The molecule has 3 aromatic carbocycles. The van der Waals surface area contributed by atoms with E-state index < -0.39 is 11.9 Å². The molecule has 1 amide bonds. The highest BCUT2D eigenvalue weighted by Crippen LogP contribution is 2.44. The van der Waals surface area contributed by atoms with Gasteiger partial charge < -0.3 is 28.8 Å². The maximum Gasteiger partial charge on any atom is 0.410 e. The lowest BCUT2D eigenvalue weighted by Crippen LogP contribution is -2.34. The molecule has 0 aliphatic rings. The predicted octanol–water partition coefficient (Wildman–Crippen LogP) is 9.84. The normalized spacial score (nSPS) is 12.5. The number of nitrogens with zero attached hydrogens (tertiary/aromatic N) is 4. The van der Waals surface area contributed by atoms with Gasteiger partial charge in [0.1, 0.15) is 11.4 Å². The molecule has 0 aliphatic heterocycles. The van der Waals surface area contributed by atoms with Crippen molar-refractivity contribution in [2.45, 2.75) is 91.0 Å². The van der Waals surface area contributed by atoms with Crippen molar-refractivity contribution >= 4 is 51.0 Å². The quantitative estimate of drug-likeness (QED) is 0.0614. The van der Waals surface area contributed by atoms with Crippen LogP contribution in [0.5, 0.6) is 5.75 Å². The largest absolute Gasteiger partial charge is 0.493 e. The number of fused-ring (bicyclic) bond motifs is 2. The minimum absolute atomic E-state index is 0.223. The number of carbonyl (C=O) groups is 1. The standard InChI is InChI=1S/C41H52Cl2N4O5/c1-8-33-36(32(26-42)44-46(33)7)35-31(43)22-21-30-29(19-15-25-51-34-20-14-17-27-16-10-11-18-28(27)34)38(39(48)50-9-2)47(37(30)35)24-13-12-23-45(6)40(49)52-41(3,4)5/h10-11,14,16-18,20-22,39,48H,8-9,12-13,15,19,23-26H2,1-7H3. The number of alkyl halides is 1. The first-order valence-corrected chi connectivity index (χ1v) is 19.1. The second-order valence-electron chi connectivity index (χ2n) is 14.1. The summed E-state index contributed by atoms with van der Waals surface area (Å²) in [5, 5.41) is 20.2. The number of halogens is 2. The van der Waals surface area contributed by atoms with Gasteiger partial charge in [-0.15, -0.1) is 11.6 Å². The molecule has 5 rings (SSSR count). The molecule has 0 fully saturated rings. The molecular weight excluding hydrogens is 699 g/mol. The number of rotatable bonds is 16. The summed E-state index contributed by atoms with van der Waals surface area (Å²) in [7, 11) is 3.68. The van der Waals surface area contributed by atoms with Crippen molar-refractivity contribution in [1.29, 1.82) is 0 Å². The van der Waals surface area contributed by atoms with Crippen LogP contribution in [0.3, 0.4) is 0 Å². The highest BCUT2D eigenvalue weighted by atomic mass is 35.5. The molecule has 1 unspecified atom stereocenters. The second kappa shape index (κ2) is 17.4. The number of unbranched alkanes of at least 4 members (excludes halogenated alkanes) is 1. The lowest BCUT2D eigenvalue weighted by molar-refractivity contribution is -0.103. The van der Waals surface area contributed by atoms with Crippen molar-refractivity contribution in [3.05, 3.63) is 82.3 Å². The molecule has 1 atom stereocenters. The molecule has 9 nitrogen and oxygen atoms in total. The van der Waals surface area contributed by atoms with Crippen LogP contribution in [-0.2, 0) is 41.8 Å². The number of carbonyl (C=O) groups excluding carboxylic acids is 1. The van der Waals surface area contributed by atoms with Gasteiger partial charge in [0.25, 0.3) is 0 Å². The van der Waals surface area contributed by atoms with E-state index in [1.807, 2.05) is 75.8 Å². The summed E-state index contributed by atoms with van der Waals surface area (Å²) in [5.74, 6) is 1.07. The Labute approximate surface area is 317 Å². The van der Waals surface area contributed by atoms with E-state index >= 15 is 0 Å². The number of aliphatic hydroxyl groups excluding tert-OH is 1. The van der Waals surface area contributed by atoms with Crippen LogP contribution < -0.4 is 4.74 Å². The molecule has 0 bridgehead atoms. The van der Waals surface area contributed by atoms with Crippen LogP contribution in [0.1, 0.15) is 82.8 Å². The molecule has 0 saturated heterocycles. The maximum absolute atomic E-state index is 12.7. The fourth-order valence-electron chi connectivity index (χ4n) is 6.97. The third-order valence-electron chi connectivity index (χ3n) is 9.24. The van der Waals surface area contributed by atoms with Gasteiger partial charge in [0.15, 0.2) is 6.29 Å². The Kier molecular flexibility index (Phi) is 13.2. The van der Waals surface area contributed by atoms with Crippen LogP contribution in [0, 0.1) is 0 Å². The third-order valence-corrected chi connectivity index (χ3v) is 9.81. The molecule has 0 aliphatic carbocycles. The van der Waals surface area contributed by atoms with Gasteiger partial charge >= 0.3 is 6.09 Å². The number of ether oxygens (including phenoxy) is 3. The summed E-state index contributed by atoms with van der Waals surface area (Å²) in [6, 6.07) is 18.3. The summed E-state index contributed by atoms with van der Waals surface area (Å²) in [6.07, 6.45) is 1.96. The Hall–Kier alpha value is -3.76. The van der Waals surface area contributed by atoms with Crippen molar-refractivity contribution in [2.24, 2.45) is 7.05 Å².